The molecule has 100 valence electrons. The number of ether oxygens (including phenoxy) is 1. The molecule has 18 heavy (non-hydrogen) atoms. The summed E-state index contributed by atoms with van der Waals surface area (Å²) in [6.07, 6.45) is -6.24. The Morgan fingerprint density at radius 2 is 1.89 bits per heavy atom. The van der Waals surface area contributed by atoms with Crippen molar-refractivity contribution < 1.29 is 31.9 Å². The number of alkyl halides is 4. The van der Waals surface area contributed by atoms with Crippen molar-refractivity contribution in [3.8, 4) is 6.07 Å². The van der Waals surface area contributed by atoms with E-state index in [1.165, 1.54) is 0 Å². The van der Waals surface area contributed by atoms with E-state index in [-0.39, 0.29) is 0 Å². The number of Topliss-reactive ketones (excluding diaryl/α,β-unsaturated/α-hetero) is 1. The number of esters is 1. The summed E-state index contributed by atoms with van der Waals surface area (Å²) in [6.45, 7) is 0.615. The highest BCUT2D eigenvalue weighted by molar-refractivity contribution is 6.07. The second kappa shape index (κ2) is 3.93. The van der Waals surface area contributed by atoms with Crippen LogP contribution in [0.5, 0.6) is 0 Å². The first-order valence-electron chi connectivity index (χ1n) is 4.82. The fourth-order valence-corrected chi connectivity index (χ4v) is 1.92. The van der Waals surface area contributed by atoms with Crippen molar-refractivity contribution in [2.24, 2.45) is 11.3 Å². The van der Waals surface area contributed by atoms with E-state index in [1.807, 2.05) is 0 Å². The maximum absolute atomic E-state index is 13.5. The molecule has 0 saturated heterocycles. The molecule has 0 bridgehead atoms. The topological polar surface area (TPSA) is 67.2 Å². The smallest absolute Gasteiger partial charge is 0.404 e. The molecule has 0 aromatic rings. The zero-order valence-corrected chi connectivity index (χ0v) is 9.47. The van der Waals surface area contributed by atoms with E-state index >= 15 is 0 Å². The van der Waals surface area contributed by atoms with Crippen molar-refractivity contribution in [2.75, 3.05) is 7.11 Å². The van der Waals surface area contributed by atoms with Gasteiger partial charge >= 0.3 is 12.1 Å². The quantitative estimate of drug-likeness (QED) is 0.442. The van der Waals surface area contributed by atoms with Gasteiger partial charge in [0.05, 0.1) is 13.2 Å². The van der Waals surface area contributed by atoms with Crippen LogP contribution < -0.4 is 0 Å². The van der Waals surface area contributed by atoms with E-state index in [0.29, 0.717) is 6.92 Å². The molecular formula is C10H9F4NO3. The molecule has 0 radical (unpaired) electrons. The molecule has 0 aromatic carbocycles. The summed E-state index contributed by atoms with van der Waals surface area (Å²) in [7, 11) is 0.821. The van der Waals surface area contributed by atoms with Crippen molar-refractivity contribution >= 4 is 11.8 Å². The van der Waals surface area contributed by atoms with E-state index in [2.05, 4.69) is 4.74 Å². The number of rotatable bonds is 3. The molecule has 0 spiro atoms. The van der Waals surface area contributed by atoms with Gasteiger partial charge in [0.2, 0.25) is 5.92 Å². The van der Waals surface area contributed by atoms with Gasteiger partial charge in [0.1, 0.15) is 5.67 Å². The number of hydrogen-bond donors (Lipinski definition) is 0. The Kier molecular flexibility index (Phi) is 3.15. The zero-order chi connectivity index (χ0) is 14.4. The normalized spacial score (nSPS) is 32.3. The van der Waals surface area contributed by atoms with Crippen LogP contribution in [0.15, 0.2) is 0 Å². The number of ketones is 1. The lowest BCUT2D eigenvalue weighted by atomic mass is 9.87. The molecule has 3 atom stereocenters. The van der Waals surface area contributed by atoms with Gasteiger partial charge in [-0.25, -0.2) is 4.39 Å². The Bertz CT molecular complexity index is 437. The minimum atomic E-state index is -5.16. The van der Waals surface area contributed by atoms with E-state index < -0.39 is 41.4 Å². The predicted molar refractivity (Wildman–Crippen MR) is 48.7 cm³/mol. The molecule has 0 aromatic heterocycles. The average molecular weight is 267 g/mol. The third kappa shape index (κ3) is 1.74. The maximum Gasteiger partial charge on any atom is 0.404 e. The first-order chi connectivity index (χ1) is 8.05. The first kappa shape index (κ1) is 14.4. The number of carbonyl (C=O) groups excluding carboxylic acids is 2. The van der Waals surface area contributed by atoms with Crippen LogP contribution in [0.2, 0.25) is 0 Å². The van der Waals surface area contributed by atoms with E-state index in [9.17, 15) is 27.2 Å². The number of halogens is 4. The van der Waals surface area contributed by atoms with Gasteiger partial charge in [0.25, 0.3) is 0 Å². The maximum atomic E-state index is 13.5. The van der Waals surface area contributed by atoms with E-state index in [4.69, 9.17) is 5.26 Å². The van der Waals surface area contributed by atoms with Crippen LogP contribution in [-0.2, 0) is 14.3 Å². The van der Waals surface area contributed by atoms with Crippen LogP contribution >= 0.6 is 0 Å². The number of carbonyl (C=O) groups is 2. The number of nitriles is 1. The molecule has 1 aliphatic carbocycles. The molecule has 4 nitrogen and oxygen atoms in total. The molecule has 1 saturated carbocycles. The Morgan fingerprint density at radius 3 is 2.11 bits per heavy atom. The van der Waals surface area contributed by atoms with Gasteiger partial charge in [-0.15, -0.1) is 0 Å². The average Bonchev–Trinajstić information content (AvgIpc) is 2.83. The van der Waals surface area contributed by atoms with Gasteiger partial charge in [-0.2, -0.15) is 18.4 Å². The monoisotopic (exact) mass is 267 g/mol. The van der Waals surface area contributed by atoms with Gasteiger partial charge in [0.15, 0.2) is 11.2 Å². The highest BCUT2D eigenvalue weighted by Gasteiger charge is 2.84. The summed E-state index contributed by atoms with van der Waals surface area (Å²) in [4.78, 5) is 22.7. The van der Waals surface area contributed by atoms with Gasteiger partial charge in [-0.1, -0.05) is 0 Å². The Labute approximate surface area is 99.5 Å². The Hall–Kier alpha value is -1.65. The lowest BCUT2D eigenvalue weighted by Crippen LogP contribution is -2.43. The lowest BCUT2D eigenvalue weighted by Gasteiger charge is -2.21. The van der Waals surface area contributed by atoms with Crippen LogP contribution in [0, 0.1) is 22.7 Å². The van der Waals surface area contributed by atoms with E-state index in [1.54, 1.807) is 0 Å². The molecule has 0 N–H and O–H groups in total. The molecular weight excluding hydrogens is 258 g/mol. The highest BCUT2D eigenvalue weighted by atomic mass is 19.4. The Balaban J connectivity index is 3.17. The largest absolute Gasteiger partial charge is 0.468 e. The number of nitrogens with zero attached hydrogens (tertiary/aromatic N) is 1. The number of methoxy groups -OCH3 is 1. The molecule has 0 amide bonds. The molecule has 0 aliphatic heterocycles. The molecule has 0 heterocycles. The molecule has 1 rings (SSSR count). The second-order valence-corrected chi connectivity index (χ2v) is 4.23. The van der Waals surface area contributed by atoms with Gasteiger partial charge < -0.3 is 4.74 Å². The van der Waals surface area contributed by atoms with E-state index in [0.717, 1.165) is 13.2 Å². The van der Waals surface area contributed by atoms with Crippen LogP contribution in [0.25, 0.3) is 0 Å². The predicted octanol–water partition coefficient (Wildman–Crippen LogP) is 1.55. The summed E-state index contributed by atoms with van der Waals surface area (Å²) < 4.78 is 55.9. The molecule has 8 heteroatoms. The summed E-state index contributed by atoms with van der Waals surface area (Å²) in [6, 6.07) is 1.12. The van der Waals surface area contributed by atoms with Crippen LogP contribution in [0.4, 0.5) is 17.6 Å². The van der Waals surface area contributed by atoms with Gasteiger partial charge in [-0.05, 0) is 6.92 Å². The summed E-state index contributed by atoms with van der Waals surface area (Å²) in [5.74, 6) is -5.49. The molecule has 1 aliphatic rings. The van der Waals surface area contributed by atoms with Crippen molar-refractivity contribution in [1.29, 1.82) is 5.26 Å². The van der Waals surface area contributed by atoms with Gasteiger partial charge in [-0.3, -0.25) is 9.59 Å². The van der Waals surface area contributed by atoms with Crippen LogP contribution in [0.3, 0.4) is 0 Å². The third-order valence-corrected chi connectivity index (χ3v) is 3.09. The van der Waals surface area contributed by atoms with Crippen molar-refractivity contribution in [2.45, 2.75) is 25.2 Å². The van der Waals surface area contributed by atoms with Crippen molar-refractivity contribution in [1.82, 2.24) is 0 Å². The fraction of sp³-hybridized carbons (Fsp3) is 0.700. The van der Waals surface area contributed by atoms with Crippen molar-refractivity contribution in [3.63, 3.8) is 0 Å². The van der Waals surface area contributed by atoms with Crippen LogP contribution in [-0.4, -0.2) is 30.7 Å². The SMILES string of the molecule is COC(=O)C(C#N)C(=O)C1(C(F)(F)F)CC1(C)F. The second-order valence-electron chi connectivity index (χ2n) is 4.23. The first-order valence-corrected chi connectivity index (χ1v) is 4.82. The third-order valence-electron chi connectivity index (χ3n) is 3.09. The lowest BCUT2D eigenvalue weighted by molar-refractivity contribution is -0.202. The fourth-order valence-electron chi connectivity index (χ4n) is 1.92. The highest BCUT2D eigenvalue weighted by Crippen LogP contribution is 2.68. The Morgan fingerprint density at radius 1 is 1.44 bits per heavy atom. The zero-order valence-electron chi connectivity index (χ0n) is 9.47. The van der Waals surface area contributed by atoms with Crippen molar-refractivity contribution in [3.05, 3.63) is 0 Å². The summed E-state index contributed by atoms with van der Waals surface area (Å²) >= 11 is 0. The molecule has 1 fully saturated rings. The number of hydrogen-bond acceptors (Lipinski definition) is 4. The van der Waals surface area contributed by atoms with Crippen LogP contribution in [0.1, 0.15) is 13.3 Å². The standard InChI is InChI=1S/C10H9F4NO3/c1-8(11)4-9(8,10(12,13)14)6(16)5(3-15)7(17)18-2/h5H,4H2,1-2H3. The summed E-state index contributed by atoms with van der Waals surface area (Å²) in [5.41, 5.74) is -6.08. The minimum absolute atomic E-state index is 0.615. The molecule has 3 unspecified atom stereocenters. The van der Waals surface area contributed by atoms with Gasteiger partial charge in [0, 0.05) is 6.42 Å². The minimum Gasteiger partial charge on any atom is -0.468 e. The summed E-state index contributed by atoms with van der Waals surface area (Å²) in [5, 5.41) is 8.56.